The Morgan fingerprint density at radius 3 is 2.86 bits per heavy atom. The summed E-state index contributed by atoms with van der Waals surface area (Å²) in [7, 11) is 0. The fourth-order valence-corrected chi connectivity index (χ4v) is 2.74. The molecular formula is C15H11BrFNO3. The van der Waals surface area contributed by atoms with Crippen LogP contribution in [0.3, 0.4) is 0 Å². The standard InChI is InChI=1S/C15H11BrFNO3/c16-11-6-9(17)2-3-10(11)15(20)8-1-4-13-12(5-8)18-14(19)7-21-13/h1-6,15,20H,7H2,(H,18,19). The first kappa shape index (κ1) is 14.0. The molecule has 2 N–H and O–H groups in total. The summed E-state index contributed by atoms with van der Waals surface area (Å²) in [4.78, 5) is 11.3. The van der Waals surface area contributed by atoms with Crippen molar-refractivity contribution in [2.75, 3.05) is 11.9 Å². The van der Waals surface area contributed by atoms with Gasteiger partial charge in [0.15, 0.2) is 6.61 Å². The molecule has 1 heterocycles. The Balaban J connectivity index is 1.96. The van der Waals surface area contributed by atoms with E-state index in [0.717, 1.165) is 0 Å². The van der Waals surface area contributed by atoms with Crippen LogP contribution < -0.4 is 10.1 Å². The molecule has 1 aliphatic rings. The van der Waals surface area contributed by atoms with Gasteiger partial charge >= 0.3 is 0 Å². The first-order valence-electron chi connectivity index (χ1n) is 6.24. The second kappa shape index (κ2) is 5.46. The van der Waals surface area contributed by atoms with Crippen molar-refractivity contribution in [2.45, 2.75) is 6.10 Å². The van der Waals surface area contributed by atoms with Gasteiger partial charge in [-0.3, -0.25) is 4.79 Å². The Kier molecular flexibility index (Phi) is 3.65. The van der Waals surface area contributed by atoms with Gasteiger partial charge in [0.25, 0.3) is 5.91 Å². The molecule has 6 heteroatoms. The first-order valence-corrected chi connectivity index (χ1v) is 7.03. The Labute approximate surface area is 128 Å². The zero-order chi connectivity index (χ0) is 15.0. The van der Waals surface area contributed by atoms with Crippen LogP contribution in [0.5, 0.6) is 5.75 Å². The van der Waals surface area contributed by atoms with Crippen LogP contribution in [0.15, 0.2) is 40.9 Å². The number of rotatable bonds is 2. The second-order valence-electron chi connectivity index (χ2n) is 4.66. The zero-order valence-electron chi connectivity index (χ0n) is 10.8. The second-order valence-corrected chi connectivity index (χ2v) is 5.52. The lowest BCUT2D eigenvalue weighted by molar-refractivity contribution is -0.118. The number of hydrogen-bond acceptors (Lipinski definition) is 3. The lowest BCUT2D eigenvalue weighted by atomic mass is 10.0. The fraction of sp³-hybridized carbons (Fsp3) is 0.133. The number of fused-ring (bicyclic) bond motifs is 1. The molecule has 2 aromatic rings. The minimum absolute atomic E-state index is 0.0155. The molecule has 0 radical (unpaired) electrons. The number of carbonyl (C=O) groups excluding carboxylic acids is 1. The number of nitrogens with one attached hydrogen (secondary N) is 1. The smallest absolute Gasteiger partial charge is 0.262 e. The lowest BCUT2D eigenvalue weighted by Crippen LogP contribution is -2.25. The summed E-state index contributed by atoms with van der Waals surface area (Å²) in [5.74, 6) is -0.0650. The molecule has 1 aliphatic heterocycles. The van der Waals surface area contributed by atoms with Gasteiger partial charge in [-0.1, -0.05) is 28.1 Å². The zero-order valence-corrected chi connectivity index (χ0v) is 12.4. The third kappa shape index (κ3) is 2.77. The van der Waals surface area contributed by atoms with E-state index in [9.17, 15) is 14.3 Å². The molecule has 0 bridgehead atoms. The van der Waals surface area contributed by atoms with E-state index in [-0.39, 0.29) is 18.3 Å². The van der Waals surface area contributed by atoms with Gasteiger partial charge in [0, 0.05) is 4.47 Å². The van der Waals surface area contributed by atoms with Gasteiger partial charge in [-0.05, 0) is 35.4 Å². The van der Waals surface area contributed by atoms with E-state index in [1.807, 2.05) is 0 Å². The highest BCUT2D eigenvalue weighted by molar-refractivity contribution is 9.10. The van der Waals surface area contributed by atoms with Gasteiger partial charge in [-0.25, -0.2) is 4.39 Å². The van der Waals surface area contributed by atoms with Crippen LogP contribution in [0.2, 0.25) is 0 Å². The third-order valence-corrected chi connectivity index (χ3v) is 3.90. The quantitative estimate of drug-likeness (QED) is 0.874. The van der Waals surface area contributed by atoms with Crippen molar-refractivity contribution in [1.29, 1.82) is 0 Å². The van der Waals surface area contributed by atoms with Gasteiger partial charge in [0.2, 0.25) is 0 Å². The van der Waals surface area contributed by atoms with E-state index in [1.54, 1.807) is 18.2 Å². The van der Waals surface area contributed by atoms with Gasteiger partial charge < -0.3 is 15.2 Å². The van der Waals surface area contributed by atoms with Gasteiger partial charge in [0.1, 0.15) is 17.7 Å². The van der Waals surface area contributed by atoms with Crippen molar-refractivity contribution in [3.8, 4) is 5.75 Å². The van der Waals surface area contributed by atoms with E-state index in [2.05, 4.69) is 21.2 Å². The fourth-order valence-electron chi connectivity index (χ4n) is 2.17. The summed E-state index contributed by atoms with van der Waals surface area (Å²) in [5, 5.41) is 13.1. The molecule has 0 spiro atoms. The Hall–Kier alpha value is -1.92. The maximum atomic E-state index is 13.1. The molecule has 2 aromatic carbocycles. The van der Waals surface area contributed by atoms with Crippen LogP contribution >= 0.6 is 15.9 Å². The summed E-state index contributed by atoms with van der Waals surface area (Å²) in [5.41, 5.74) is 1.63. The van der Waals surface area contributed by atoms with Gasteiger partial charge in [-0.2, -0.15) is 0 Å². The van der Waals surface area contributed by atoms with E-state index < -0.39 is 6.10 Å². The number of anilines is 1. The highest BCUT2D eigenvalue weighted by atomic mass is 79.9. The topological polar surface area (TPSA) is 58.6 Å². The number of aliphatic hydroxyl groups is 1. The number of ether oxygens (including phenoxy) is 1. The van der Waals surface area contributed by atoms with Crippen LogP contribution in [0.1, 0.15) is 17.2 Å². The third-order valence-electron chi connectivity index (χ3n) is 3.21. The molecule has 1 atom stereocenters. The Bertz CT molecular complexity index is 720. The van der Waals surface area contributed by atoms with E-state index >= 15 is 0 Å². The number of hydrogen-bond donors (Lipinski definition) is 2. The normalized spacial score (nSPS) is 14.9. The van der Waals surface area contributed by atoms with Crippen molar-refractivity contribution in [1.82, 2.24) is 0 Å². The lowest BCUT2D eigenvalue weighted by Gasteiger charge is -2.20. The van der Waals surface area contributed by atoms with Crippen molar-refractivity contribution in [3.05, 3.63) is 57.8 Å². The summed E-state index contributed by atoms with van der Waals surface area (Å²) < 4.78 is 18.8. The molecule has 1 unspecified atom stereocenters. The molecule has 3 rings (SSSR count). The van der Waals surface area contributed by atoms with E-state index in [1.165, 1.54) is 18.2 Å². The monoisotopic (exact) mass is 351 g/mol. The molecule has 0 fully saturated rings. The maximum absolute atomic E-state index is 13.1. The number of halogens is 2. The highest BCUT2D eigenvalue weighted by Gasteiger charge is 2.20. The van der Waals surface area contributed by atoms with Crippen LogP contribution in [0.25, 0.3) is 0 Å². The van der Waals surface area contributed by atoms with Crippen molar-refractivity contribution in [3.63, 3.8) is 0 Å². The highest BCUT2D eigenvalue weighted by Crippen LogP contribution is 2.34. The van der Waals surface area contributed by atoms with Gasteiger partial charge in [-0.15, -0.1) is 0 Å². The molecule has 4 nitrogen and oxygen atoms in total. The van der Waals surface area contributed by atoms with Crippen molar-refractivity contribution >= 4 is 27.5 Å². The predicted molar refractivity (Wildman–Crippen MR) is 78.7 cm³/mol. The maximum Gasteiger partial charge on any atom is 0.262 e. The molecule has 0 saturated carbocycles. The predicted octanol–water partition coefficient (Wildman–Crippen LogP) is 3.00. The average Bonchev–Trinajstić information content (AvgIpc) is 2.46. The summed E-state index contributed by atoms with van der Waals surface area (Å²) in [6, 6.07) is 9.13. The molecule has 0 aliphatic carbocycles. The number of benzene rings is 2. The first-order chi connectivity index (χ1) is 10.0. The average molecular weight is 352 g/mol. The van der Waals surface area contributed by atoms with Crippen molar-refractivity contribution < 1.29 is 19.0 Å². The van der Waals surface area contributed by atoms with Crippen LogP contribution in [0, 0.1) is 5.82 Å². The number of amides is 1. The number of carbonyl (C=O) groups is 1. The molecule has 21 heavy (non-hydrogen) atoms. The Morgan fingerprint density at radius 2 is 2.10 bits per heavy atom. The minimum atomic E-state index is -0.941. The molecule has 0 aromatic heterocycles. The SMILES string of the molecule is O=C1COc2ccc(C(O)c3ccc(F)cc3Br)cc2N1. The van der Waals surface area contributed by atoms with E-state index in [0.29, 0.717) is 27.0 Å². The van der Waals surface area contributed by atoms with Gasteiger partial charge in [0.05, 0.1) is 5.69 Å². The molecular weight excluding hydrogens is 341 g/mol. The summed E-state index contributed by atoms with van der Waals surface area (Å²) >= 11 is 3.24. The van der Waals surface area contributed by atoms with Crippen LogP contribution in [-0.4, -0.2) is 17.6 Å². The summed E-state index contributed by atoms with van der Waals surface area (Å²) in [6.45, 7) is -0.0155. The van der Waals surface area contributed by atoms with Crippen molar-refractivity contribution in [2.24, 2.45) is 0 Å². The molecule has 0 saturated heterocycles. The van der Waals surface area contributed by atoms with Crippen LogP contribution in [0.4, 0.5) is 10.1 Å². The Morgan fingerprint density at radius 1 is 1.29 bits per heavy atom. The summed E-state index contributed by atoms with van der Waals surface area (Å²) in [6.07, 6.45) is -0.941. The molecule has 1 amide bonds. The molecule has 108 valence electrons. The minimum Gasteiger partial charge on any atom is -0.482 e. The van der Waals surface area contributed by atoms with E-state index in [4.69, 9.17) is 4.74 Å². The largest absolute Gasteiger partial charge is 0.482 e. The van der Waals surface area contributed by atoms with Crippen LogP contribution in [-0.2, 0) is 4.79 Å². The number of aliphatic hydroxyl groups excluding tert-OH is 1.